The molecule has 33 heavy (non-hydrogen) atoms. The Kier molecular flexibility index (Phi) is 8.56. The maximum atomic E-state index is 13.6. The number of halogens is 1. The molecule has 1 aromatic heterocycles. The Balaban J connectivity index is 1.43. The molecule has 2 aromatic rings. The highest BCUT2D eigenvalue weighted by Gasteiger charge is 2.25. The largest absolute Gasteiger partial charge is 0.355 e. The van der Waals surface area contributed by atoms with Crippen LogP contribution in [0.4, 0.5) is 4.39 Å². The van der Waals surface area contributed by atoms with E-state index < -0.39 is 0 Å². The molecule has 1 saturated heterocycles. The minimum Gasteiger partial charge on any atom is -0.355 e. The lowest BCUT2D eigenvalue weighted by molar-refractivity contribution is -0.118. The van der Waals surface area contributed by atoms with Gasteiger partial charge in [-0.1, -0.05) is 29.8 Å². The van der Waals surface area contributed by atoms with Gasteiger partial charge in [0, 0.05) is 12.2 Å². The fourth-order valence-electron chi connectivity index (χ4n) is 4.62. The summed E-state index contributed by atoms with van der Waals surface area (Å²) in [6.45, 7) is 4.90. The monoisotopic (exact) mass is 471 g/mol. The highest BCUT2D eigenvalue weighted by molar-refractivity contribution is 7.99. The van der Waals surface area contributed by atoms with Gasteiger partial charge in [-0.05, 0) is 89.2 Å². The molecule has 0 radical (unpaired) electrons. The Morgan fingerprint density at radius 1 is 1.12 bits per heavy atom. The van der Waals surface area contributed by atoms with Crippen molar-refractivity contribution in [1.82, 2.24) is 25.0 Å². The zero-order valence-electron chi connectivity index (χ0n) is 19.4. The first-order valence-corrected chi connectivity index (χ1v) is 13.1. The average molecular weight is 472 g/mol. The number of likely N-dealkylation sites (tertiary alicyclic amines) is 1. The first-order chi connectivity index (χ1) is 16.1. The number of nitrogens with one attached hydrogen (secondary N) is 1. The molecule has 1 atom stereocenters. The van der Waals surface area contributed by atoms with Crippen LogP contribution in [0.25, 0.3) is 5.69 Å². The van der Waals surface area contributed by atoms with Crippen LogP contribution in [0.5, 0.6) is 0 Å². The van der Waals surface area contributed by atoms with Crippen molar-refractivity contribution in [3.63, 3.8) is 0 Å². The molecule has 1 fully saturated rings. The van der Waals surface area contributed by atoms with Crippen LogP contribution in [0.15, 0.2) is 41.1 Å². The number of piperidine rings is 1. The van der Waals surface area contributed by atoms with E-state index in [1.54, 1.807) is 12.1 Å². The first kappa shape index (κ1) is 24.0. The second-order valence-electron chi connectivity index (χ2n) is 8.92. The third-order valence-electron chi connectivity index (χ3n) is 6.54. The number of carbonyl (C=O) groups excluding carboxylic acids is 1. The molecule has 0 saturated carbocycles. The van der Waals surface area contributed by atoms with Gasteiger partial charge in [-0.25, -0.2) is 4.39 Å². The Morgan fingerprint density at radius 2 is 1.91 bits per heavy atom. The summed E-state index contributed by atoms with van der Waals surface area (Å²) < 4.78 is 15.6. The van der Waals surface area contributed by atoms with Crippen LogP contribution in [0.2, 0.25) is 0 Å². The minimum atomic E-state index is -0.279. The van der Waals surface area contributed by atoms with Gasteiger partial charge in [0.05, 0.1) is 11.8 Å². The Hall–Kier alpha value is -2.19. The summed E-state index contributed by atoms with van der Waals surface area (Å²) in [7, 11) is 0. The van der Waals surface area contributed by atoms with Crippen molar-refractivity contribution < 1.29 is 9.18 Å². The summed E-state index contributed by atoms with van der Waals surface area (Å²) >= 11 is 1.38. The van der Waals surface area contributed by atoms with Crippen molar-refractivity contribution >= 4 is 17.7 Å². The molecule has 0 bridgehead atoms. The SMILES string of the molecule is CC(c1nnc(SCC(=O)NCCC2=CCCCC2)n1-c1ccc(F)cc1)N1CCCCC1. The molecule has 178 valence electrons. The van der Waals surface area contributed by atoms with Gasteiger partial charge in [-0.2, -0.15) is 0 Å². The lowest BCUT2D eigenvalue weighted by Gasteiger charge is -2.31. The molecular weight excluding hydrogens is 437 g/mol. The van der Waals surface area contributed by atoms with E-state index >= 15 is 0 Å². The van der Waals surface area contributed by atoms with Crippen LogP contribution in [0.3, 0.4) is 0 Å². The molecule has 1 aromatic carbocycles. The van der Waals surface area contributed by atoms with E-state index in [4.69, 9.17) is 0 Å². The second kappa shape index (κ2) is 11.8. The maximum absolute atomic E-state index is 13.6. The van der Waals surface area contributed by atoms with E-state index in [0.29, 0.717) is 11.7 Å². The van der Waals surface area contributed by atoms with E-state index in [2.05, 4.69) is 33.4 Å². The van der Waals surface area contributed by atoms with Crippen molar-refractivity contribution in [1.29, 1.82) is 0 Å². The number of thioether (sulfide) groups is 1. The van der Waals surface area contributed by atoms with Crippen LogP contribution in [-0.4, -0.2) is 51.0 Å². The molecule has 1 amide bonds. The number of rotatable bonds is 9. The van der Waals surface area contributed by atoms with E-state index in [1.807, 2.05) is 4.57 Å². The van der Waals surface area contributed by atoms with Crippen molar-refractivity contribution in [2.75, 3.05) is 25.4 Å². The van der Waals surface area contributed by atoms with Gasteiger partial charge < -0.3 is 5.32 Å². The topological polar surface area (TPSA) is 63.1 Å². The summed E-state index contributed by atoms with van der Waals surface area (Å²) in [5.74, 6) is 0.821. The van der Waals surface area contributed by atoms with Crippen molar-refractivity contribution in [2.24, 2.45) is 0 Å². The predicted molar refractivity (Wildman–Crippen MR) is 130 cm³/mol. The number of hydrogen-bond acceptors (Lipinski definition) is 5. The number of nitrogens with zero attached hydrogens (tertiary/aromatic N) is 4. The van der Waals surface area contributed by atoms with Crippen molar-refractivity contribution in [3.8, 4) is 5.69 Å². The number of hydrogen-bond donors (Lipinski definition) is 1. The standard InChI is InChI=1S/C25H34FN5OS/c1-19(30-16-6-3-7-17-30)24-28-29-25(31(24)22-12-10-21(26)11-13-22)33-18-23(32)27-15-14-20-8-4-2-5-9-20/h8,10-13,19H,2-7,9,14-18H2,1H3,(H,27,32). The molecule has 8 heteroatoms. The average Bonchev–Trinajstić information content (AvgIpc) is 3.28. The summed E-state index contributed by atoms with van der Waals surface area (Å²) in [6, 6.07) is 6.48. The number of allylic oxidation sites excluding steroid dienone is 1. The summed E-state index contributed by atoms with van der Waals surface area (Å²) in [4.78, 5) is 14.9. The first-order valence-electron chi connectivity index (χ1n) is 12.1. The van der Waals surface area contributed by atoms with E-state index in [0.717, 1.165) is 43.9 Å². The molecule has 1 aliphatic carbocycles. The molecule has 1 unspecified atom stereocenters. The number of benzene rings is 1. The fourth-order valence-corrected chi connectivity index (χ4v) is 5.41. The summed E-state index contributed by atoms with van der Waals surface area (Å²) in [5.41, 5.74) is 2.27. The van der Waals surface area contributed by atoms with Crippen LogP contribution in [0, 0.1) is 5.82 Å². The maximum Gasteiger partial charge on any atom is 0.230 e. The third-order valence-corrected chi connectivity index (χ3v) is 7.47. The van der Waals surface area contributed by atoms with Gasteiger partial charge in [0.2, 0.25) is 5.91 Å². The molecule has 1 N–H and O–H groups in total. The van der Waals surface area contributed by atoms with Gasteiger partial charge in [0.1, 0.15) is 5.82 Å². The van der Waals surface area contributed by atoms with E-state index in [9.17, 15) is 9.18 Å². The Labute approximate surface area is 200 Å². The van der Waals surface area contributed by atoms with Gasteiger partial charge >= 0.3 is 0 Å². The molecule has 0 spiro atoms. The second-order valence-corrected chi connectivity index (χ2v) is 9.86. The van der Waals surface area contributed by atoms with Gasteiger partial charge in [0.15, 0.2) is 11.0 Å². The molecule has 2 aliphatic rings. The van der Waals surface area contributed by atoms with Crippen molar-refractivity contribution in [3.05, 3.63) is 47.6 Å². The normalized spacial score (nSPS) is 18.1. The smallest absolute Gasteiger partial charge is 0.230 e. The highest BCUT2D eigenvalue weighted by Crippen LogP contribution is 2.29. The van der Waals surface area contributed by atoms with Gasteiger partial charge in [0.25, 0.3) is 0 Å². The summed E-state index contributed by atoms with van der Waals surface area (Å²) in [6.07, 6.45) is 11.7. The van der Waals surface area contributed by atoms with E-state index in [-0.39, 0.29) is 23.5 Å². The molecule has 6 nitrogen and oxygen atoms in total. The van der Waals surface area contributed by atoms with Crippen molar-refractivity contribution in [2.45, 2.75) is 69.5 Å². The zero-order valence-corrected chi connectivity index (χ0v) is 20.2. The third kappa shape index (κ3) is 6.44. The Morgan fingerprint density at radius 3 is 2.64 bits per heavy atom. The molecule has 2 heterocycles. The highest BCUT2D eigenvalue weighted by atomic mass is 32.2. The van der Waals surface area contributed by atoms with Gasteiger partial charge in [-0.3, -0.25) is 14.3 Å². The van der Waals surface area contributed by atoms with Gasteiger partial charge in [-0.15, -0.1) is 10.2 Å². The lowest BCUT2D eigenvalue weighted by atomic mass is 9.97. The lowest BCUT2D eigenvalue weighted by Crippen LogP contribution is -2.33. The Bertz CT molecular complexity index is 952. The fraction of sp³-hybridized carbons (Fsp3) is 0.560. The molecule has 4 rings (SSSR count). The summed E-state index contributed by atoms with van der Waals surface area (Å²) in [5, 5.41) is 12.6. The number of aromatic nitrogens is 3. The number of carbonyl (C=O) groups is 1. The van der Waals surface area contributed by atoms with Crippen LogP contribution in [-0.2, 0) is 4.79 Å². The minimum absolute atomic E-state index is 0.00399. The zero-order chi connectivity index (χ0) is 23.0. The quantitative estimate of drug-likeness (QED) is 0.409. The van der Waals surface area contributed by atoms with Crippen LogP contribution in [0.1, 0.15) is 70.2 Å². The number of amides is 1. The van der Waals surface area contributed by atoms with E-state index in [1.165, 1.54) is 61.6 Å². The predicted octanol–water partition coefficient (Wildman–Crippen LogP) is 5.05. The van der Waals surface area contributed by atoms with Crippen LogP contribution >= 0.6 is 11.8 Å². The van der Waals surface area contributed by atoms with Crippen LogP contribution < -0.4 is 5.32 Å². The molecular formula is C25H34FN5OS. The molecule has 1 aliphatic heterocycles.